The van der Waals surface area contributed by atoms with Gasteiger partial charge in [-0.05, 0) is 44.2 Å². The van der Waals surface area contributed by atoms with Gasteiger partial charge < -0.3 is 0 Å². The highest BCUT2D eigenvalue weighted by Crippen LogP contribution is 2.34. The molecule has 1 aromatic carbocycles. The third-order valence-electron chi connectivity index (χ3n) is 4.24. The Labute approximate surface area is 171 Å². The highest BCUT2D eigenvalue weighted by molar-refractivity contribution is 7.22. The Hall–Kier alpha value is -2.77. The zero-order chi connectivity index (χ0) is 19.7. The van der Waals surface area contributed by atoms with E-state index in [1.165, 1.54) is 11.3 Å². The fourth-order valence-corrected chi connectivity index (χ4v) is 4.04. The number of aromatic nitrogens is 4. The quantitative estimate of drug-likeness (QED) is 0.465. The summed E-state index contributed by atoms with van der Waals surface area (Å²) in [6.45, 7) is 4.33. The second-order valence-corrected chi connectivity index (χ2v) is 7.99. The van der Waals surface area contributed by atoms with Crippen molar-refractivity contribution in [3.8, 4) is 0 Å². The molecule has 0 saturated carbocycles. The molecule has 0 spiro atoms. The smallest absolute Gasteiger partial charge is 0.276 e. The van der Waals surface area contributed by atoms with Crippen molar-refractivity contribution >= 4 is 44.2 Å². The third-order valence-corrected chi connectivity index (χ3v) is 5.59. The zero-order valence-corrected chi connectivity index (χ0v) is 17.0. The molecule has 142 valence electrons. The number of fused-ring (bicyclic) bond motifs is 1. The van der Waals surface area contributed by atoms with E-state index in [2.05, 4.69) is 15.1 Å². The Bertz CT molecular complexity index is 1120. The van der Waals surface area contributed by atoms with E-state index in [9.17, 15) is 4.79 Å². The van der Waals surface area contributed by atoms with Crippen LogP contribution in [0, 0.1) is 0 Å². The lowest BCUT2D eigenvalue weighted by atomic mass is 10.3. The normalized spacial score (nSPS) is 11.3. The summed E-state index contributed by atoms with van der Waals surface area (Å²) < 4.78 is 2.69. The summed E-state index contributed by atoms with van der Waals surface area (Å²) in [5.41, 5.74) is 1.83. The molecule has 3 aromatic heterocycles. The molecule has 3 heterocycles. The van der Waals surface area contributed by atoms with Gasteiger partial charge >= 0.3 is 0 Å². The van der Waals surface area contributed by atoms with Gasteiger partial charge in [0.2, 0.25) is 0 Å². The molecule has 0 N–H and O–H groups in total. The molecule has 0 aliphatic rings. The molecule has 28 heavy (non-hydrogen) atoms. The lowest BCUT2D eigenvalue weighted by Gasteiger charge is -2.18. The van der Waals surface area contributed by atoms with Crippen LogP contribution < -0.4 is 4.90 Å². The molecule has 6 nitrogen and oxygen atoms in total. The first-order chi connectivity index (χ1) is 13.5. The number of halogens is 1. The second-order valence-electron chi connectivity index (χ2n) is 6.57. The lowest BCUT2D eigenvalue weighted by Crippen LogP contribution is -2.31. The Morgan fingerprint density at radius 3 is 2.75 bits per heavy atom. The standard InChI is InChI=1S/C20H18ClN5OS/c1-13(2)26-11-9-16(24-26)19(27)25(12-14-6-3-4-10-22-14)20-23-18-15(21)7-5-8-17(18)28-20/h3-11,13H,12H2,1-2H3. The molecule has 0 aliphatic heterocycles. The van der Waals surface area contributed by atoms with E-state index in [0.29, 0.717) is 27.9 Å². The topological polar surface area (TPSA) is 63.9 Å². The third kappa shape index (κ3) is 3.63. The van der Waals surface area contributed by atoms with Crippen LogP contribution >= 0.6 is 22.9 Å². The molecule has 0 saturated heterocycles. The second kappa shape index (κ2) is 7.69. The van der Waals surface area contributed by atoms with Crippen LogP contribution in [0.5, 0.6) is 0 Å². The fraction of sp³-hybridized carbons (Fsp3) is 0.200. The van der Waals surface area contributed by atoms with Gasteiger partial charge in [-0.3, -0.25) is 19.4 Å². The monoisotopic (exact) mass is 411 g/mol. The maximum absolute atomic E-state index is 13.3. The number of hydrogen-bond donors (Lipinski definition) is 0. The van der Waals surface area contributed by atoms with E-state index in [4.69, 9.17) is 11.6 Å². The maximum atomic E-state index is 13.3. The Morgan fingerprint density at radius 2 is 2.07 bits per heavy atom. The molecule has 4 rings (SSSR count). The number of benzene rings is 1. The number of anilines is 1. The number of thiazole rings is 1. The maximum Gasteiger partial charge on any atom is 0.280 e. The van der Waals surface area contributed by atoms with Crippen LogP contribution in [-0.4, -0.2) is 25.7 Å². The Balaban J connectivity index is 1.76. The Kier molecular flexibility index (Phi) is 5.11. The van der Waals surface area contributed by atoms with Gasteiger partial charge in [-0.25, -0.2) is 4.98 Å². The van der Waals surface area contributed by atoms with Crippen molar-refractivity contribution in [2.75, 3.05) is 4.90 Å². The SMILES string of the molecule is CC(C)n1ccc(C(=O)N(Cc2ccccn2)c2nc3c(Cl)cccc3s2)n1. The molecule has 0 fully saturated rings. The van der Waals surface area contributed by atoms with E-state index in [-0.39, 0.29) is 11.9 Å². The van der Waals surface area contributed by atoms with Crippen LogP contribution in [-0.2, 0) is 6.54 Å². The van der Waals surface area contributed by atoms with Crippen molar-refractivity contribution in [3.63, 3.8) is 0 Å². The first kappa shape index (κ1) is 18.6. The summed E-state index contributed by atoms with van der Waals surface area (Å²) in [7, 11) is 0. The number of rotatable bonds is 5. The summed E-state index contributed by atoms with van der Waals surface area (Å²) in [4.78, 5) is 23.9. The number of pyridine rings is 1. The molecule has 0 unspecified atom stereocenters. The number of nitrogens with zero attached hydrogens (tertiary/aromatic N) is 5. The zero-order valence-electron chi connectivity index (χ0n) is 15.4. The first-order valence-electron chi connectivity index (χ1n) is 8.85. The summed E-state index contributed by atoms with van der Waals surface area (Å²) in [6.07, 6.45) is 3.52. The van der Waals surface area contributed by atoms with Crippen LogP contribution in [0.3, 0.4) is 0 Å². The first-order valence-corrected chi connectivity index (χ1v) is 10.0. The van der Waals surface area contributed by atoms with Crippen molar-refractivity contribution in [3.05, 3.63) is 71.3 Å². The highest BCUT2D eigenvalue weighted by Gasteiger charge is 2.24. The largest absolute Gasteiger partial charge is 0.280 e. The average Bonchev–Trinajstić information content (AvgIpc) is 3.34. The van der Waals surface area contributed by atoms with Gasteiger partial charge in [0.05, 0.1) is 22.0 Å². The van der Waals surface area contributed by atoms with E-state index in [0.717, 1.165) is 10.4 Å². The highest BCUT2D eigenvalue weighted by atomic mass is 35.5. The van der Waals surface area contributed by atoms with E-state index in [1.54, 1.807) is 27.9 Å². The molecular formula is C20H18ClN5OS. The predicted octanol–water partition coefficient (Wildman–Crippen LogP) is 4.97. The summed E-state index contributed by atoms with van der Waals surface area (Å²) >= 11 is 7.70. The Morgan fingerprint density at radius 1 is 1.21 bits per heavy atom. The van der Waals surface area contributed by atoms with Crippen LogP contribution in [0.1, 0.15) is 36.1 Å². The number of carbonyl (C=O) groups excluding carboxylic acids is 1. The molecule has 1 amide bonds. The van der Waals surface area contributed by atoms with Crippen LogP contribution in [0.4, 0.5) is 5.13 Å². The molecule has 0 radical (unpaired) electrons. The number of para-hydroxylation sites is 1. The van der Waals surface area contributed by atoms with Crippen LogP contribution in [0.2, 0.25) is 5.02 Å². The number of amides is 1. The van der Waals surface area contributed by atoms with E-state index >= 15 is 0 Å². The minimum Gasteiger partial charge on any atom is -0.276 e. The van der Waals surface area contributed by atoms with Gasteiger partial charge in [-0.1, -0.05) is 35.1 Å². The predicted molar refractivity (Wildman–Crippen MR) is 112 cm³/mol. The van der Waals surface area contributed by atoms with Gasteiger partial charge in [0.25, 0.3) is 5.91 Å². The number of hydrogen-bond acceptors (Lipinski definition) is 5. The van der Waals surface area contributed by atoms with Crippen LogP contribution in [0.15, 0.2) is 54.9 Å². The molecule has 0 atom stereocenters. The van der Waals surface area contributed by atoms with Crippen molar-refractivity contribution in [2.45, 2.75) is 26.4 Å². The minimum atomic E-state index is -0.222. The molecule has 0 bridgehead atoms. The van der Waals surface area contributed by atoms with Crippen molar-refractivity contribution in [1.29, 1.82) is 0 Å². The molecule has 0 aliphatic carbocycles. The molecule has 8 heteroatoms. The van der Waals surface area contributed by atoms with Crippen LogP contribution in [0.25, 0.3) is 10.2 Å². The number of carbonyl (C=O) groups is 1. The molecular weight excluding hydrogens is 394 g/mol. The van der Waals surface area contributed by atoms with Gasteiger partial charge in [0.1, 0.15) is 5.52 Å². The van der Waals surface area contributed by atoms with Gasteiger partial charge in [0, 0.05) is 18.4 Å². The molecule has 4 aromatic rings. The summed E-state index contributed by atoms with van der Waals surface area (Å²) in [6, 6.07) is 13.1. The van der Waals surface area contributed by atoms with Gasteiger partial charge in [-0.15, -0.1) is 0 Å². The van der Waals surface area contributed by atoms with E-state index in [1.807, 2.05) is 50.4 Å². The average molecular weight is 412 g/mol. The lowest BCUT2D eigenvalue weighted by molar-refractivity contribution is 0.0979. The van der Waals surface area contributed by atoms with E-state index < -0.39 is 0 Å². The van der Waals surface area contributed by atoms with Gasteiger partial charge in [0.15, 0.2) is 10.8 Å². The van der Waals surface area contributed by atoms with Crippen molar-refractivity contribution < 1.29 is 4.79 Å². The minimum absolute atomic E-state index is 0.173. The fourth-order valence-electron chi connectivity index (χ4n) is 2.78. The van der Waals surface area contributed by atoms with Crippen molar-refractivity contribution in [2.24, 2.45) is 0 Å². The van der Waals surface area contributed by atoms with Gasteiger partial charge in [-0.2, -0.15) is 5.10 Å². The summed E-state index contributed by atoms with van der Waals surface area (Å²) in [5, 5.41) is 5.56. The summed E-state index contributed by atoms with van der Waals surface area (Å²) in [5.74, 6) is -0.222. The van der Waals surface area contributed by atoms with Crippen molar-refractivity contribution in [1.82, 2.24) is 19.7 Å².